The largest absolute Gasteiger partial charge is 0.488 e. The topological polar surface area (TPSA) is 123 Å². The third-order valence-electron chi connectivity index (χ3n) is 5.67. The molecule has 32 heavy (non-hydrogen) atoms. The second kappa shape index (κ2) is 9.17. The predicted molar refractivity (Wildman–Crippen MR) is 114 cm³/mol. The van der Waals surface area contributed by atoms with Crippen LogP contribution in [-0.2, 0) is 4.79 Å². The summed E-state index contributed by atoms with van der Waals surface area (Å²) in [6.45, 7) is 1.27. The molecule has 2 aliphatic heterocycles. The van der Waals surface area contributed by atoms with Crippen molar-refractivity contribution in [3.8, 4) is 5.75 Å². The first kappa shape index (κ1) is 21.5. The highest BCUT2D eigenvalue weighted by Gasteiger charge is 2.34. The van der Waals surface area contributed by atoms with E-state index in [1.165, 1.54) is 17.2 Å². The standard InChI is InChI=1S/C23H24N4O5/c24-21(29)19-13-15(9-10-25-19)32-16-5-3-11-26(14-16)20(28)8-4-12-27-22(30)17-6-1-2-7-18(17)23(27)31/h1-2,6-7,9-10,13,16H,3-5,8,11-12,14H2,(H2,24,29). The molecule has 1 unspecified atom stereocenters. The van der Waals surface area contributed by atoms with Gasteiger partial charge in [-0.25, -0.2) is 0 Å². The SMILES string of the molecule is NC(=O)c1cc(OC2CCCN(C(=O)CCCN3C(=O)c4ccccc4C3=O)C2)ccn1. The Balaban J connectivity index is 1.28. The molecular weight excluding hydrogens is 412 g/mol. The summed E-state index contributed by atoms with van der Waals surface area (Å²) < 4.78 is 5.94. The number of aromatic nitrogens is 1. The number of likely N-dealkylation sites (tertiary alicyclic amines) is 1. The highest BCUT2D eigenvalue weighted by molar-refractivity contribution is 6.21. The maximum absolute atomic E-state index is 12.7. The van der Waals surface area contributed by atoms with E-state index in [1.807, 2.05) is 0 Å². The van der Waals surface area contributed by atoms with Gasteiger partial charge in [0.2, 0.25) is 5.91 Å². The Morgan fingerprint density at radius 3 is 2.53 bits per heavy atom. The highest BCUT2D eigenvalue weighted by atomic mass is 16.5. The molecule has 1 saturated heterocycles. The maximum Gasteiger partial charge on any atom is 0.267 e. The molecule has 2 aliphatic rings. The van der Waals surface area contributed by atoms with Crippen LogP contribution in [0.15, 0.2) is 42.6 Å². The number of rotatable bonds is 7. The van der Waals surface area contributed by atoms with Crippen LogP contribution in [0.1, 0.15) is 56.9 Å². The van der Waals surface area contributed by atoms with Crippen molar-refractivity contribution in [3.05, 3.63) is 59.4 Å². The fourth-order valence-corrected chi connectivity index (χ4v) is 4.06. The van der Waals surface area contributed by atoms with Gasteiger partial charge in [-0.15, -0.1) is 0 Å². The lowest BCUT2D eigenvalue weighted by atomic mass is 10.1. The van der Waals surface area contributed by atoms with E-state index in [0.717, 1.165) is 12.8 Å². The first-order valence-electron chi connectivity index (χ1n) is 10.6. The molecule has 1 aromatic carbocycles. The summed E-state index contributed by atoms with van der Waals surface area (Å²) in [4.78, 5) is 55.7. The fourth-order valence-electron chi connectivity index (χ4n) is 4.06. The van der Waals surface area contributed by atoms with Crippen LogP contribution in [0.5, 0.6) is 5.75 Å². The molecule has 0 saturated carbocycles. The third kappa shape index (κ3) is 4.46. The summed E-state index contributed by atoms with van der Waals surface area (Å²) in [5, 5.41) is 0. The number of fused-ring (bicyclic) bond motifs is 1. The number of primary amides is 1. The highest BCUT2D eigenvalue weighted by Crippen LogP contribution is 2.23. The first-order chi connectivity index (χ1) is 15.4. The Kier molecular flexibility index (Phi) is 6.16. The molecule has 1 fully saturated rings. The van der Waals surface area contributed by atoms with Gasteiger partial charge in [0, 0.05) is 31.8 Å². The number of piperidine rings is 1. The molecule has 2 N–H and O–H groups in total. The number of nitrogens with zero attached hydrogens (tertiary/aromatic N) is 3. The number of hydrogen-bond acceptors (Lipinski definition) is 6. The third-order valence-corrected chi connectivity index (χ3v) is 5.67. The van der Waals surface area contributed by atoms with Crippen LogP contribution in [0.3, 0.4) is 0 Å². The second-order valence-corrected chi connectivity index (χ2v) is 7.87. The van der Waals surface area contributed by atoms with Crippen molar-refractivity contribution in [2.45, 2.75) is 31.8 Å². The minimum atomic E-state index is -0.631. The van der Waals surface area contributed by atoms with Gasteiger partial charge in [0.15, 0.2) is 0 Å². The van der Waals surface area contributed by atoms with Crippen molar-refractivity contribution < 1.29 is 23.9 Å². The number of carbonyl (C=O) groups is 4. The smallest absolute Gasteiger partial charge is 0.267 e. The van der Waals surface area contributed by atoms with Gasteiger partial charge in [-0.1, -0.05) is 12.1 Å². The van der Waals surface area contributed by atoms with E-state index in [-0.39, 0.29) is 42.5 Å². The number of pyridine rings is 1. The summed E-state index contributed by atoms with van der Waals surface area (Å²) in [7, 11) is 0. The van der Waals surface area contributed by atoms with Gasteiger partial charge in [-0.2, -0.15) is 0 Å². The normalized spacial score (nSPS) is 17.9. The summed E-state index contributed by atoms with van der Waals surface area (Å²) in [5.74, 6) is -0.801. The quantitative estimate of drug-likeness (QED) is 0.658. The van der Waals surface area contributed by atoms with Crippen LogP contribution < -0.4 is 10.5 Å². The molecule has 0 aliphatic carbocycles. The van der Waals surface area contributed by atoms with E-state index in [4.69, 9.17) is 10.5 Å². The van der Waals surface area contributed by atoms with Crippen LogP contribution in [0.2, 0.25) is 0 Å². The van der Waals surface area contributed by atoms with Crippen LogP contribution in [0, 0.1) is 0 Å². The van der Waals surface area contributed by atoms with E-state index < -0.39 is 5.91 Å². The van der Waals surface area contributed by atoms with E-state index in [1.54, 1.807) is 35.2 Å². The molecule has 1 atom stereocenters. The van der Waals surface area contributed by atoms with Crippen LogP contribution >= 0.6 is 0 Å². The molecule has 0 radical (unpaired) electrons. The molecular formula is C23H24N4O5. The Bertz CT molecular complexity index is 1030. The van der Waals surface area contributed by atoms with Gasteiger partial charge in [0.05, 0.1) is 17.7 Å². The Hall–Kier alpha value is -3.75. The van der Waals surface area contributed by atoms with Gasteiger partial charge < -0.3 is 15.4 Å². The van der Waals surface area contributed by atoms with Crippen molar-refractivity contribution in [2.24, 2.45) is 5.73 Å². The Morgan fingerprint density at radius 1 is 1.12 bits per heavy atom. The zero-order valence-electron chi connectivity index (χ0n) is 17.5. The van der Waals surface area contributed by atoms with Crippen molar-refractivity contribution in [3.63, 3.8) is 0 Å². The van der Waals surface area contributed by atoms with E-state index in [9.17, 15) is 19.2 Å². The first-order valence-corrected chi connectivity index (χ1v) is 10.6. The maximum atomic E-state index is 12.7. The van der Waals surface area contributed by atoms with Gasteiger partial charge in [0.1, 0.15) is 17.5 Å². The predicted octanol–water partition coefficient (Wildman–Crippen LogP) is 1.63. The number of nitrogens with two attached hydrogens (primary N) is 1. The molecule has 0 bridgehead atoms. The van der Waals surface area contributed by atoms with E-state index in [0.29, 0.717) is 36.4 Å². The number of carbonyl (C=O) groups excluding carboxylic acids is 4. The lowest BCUT2D eigenvalue weighted by Crippen LogP contribution is -2.44. The summed E-state index contributed by atoms with van der Waals surface area (Å²) >= 11 is 0. The molecule has 4 rings (SSSR count). The lowest BCUT2D eigenvalue weighted by Gasteiger charge is -2.33. The monoisotopic (exact) mass is 436 g/mol. The van der Waals surface area contributed by atoms with Gasteiger partial charge in [0.25, 0.3) is 17.7 Å². The lowest BCUT2D eigenvalue weighted by molar-refractivity contribution is -0.134. The number of hydrogen-bond donors (Lipinski definition) is 1. The van der Waals surface area contributed by atoms with Crippen molar-refractivity contribution >= 4 is 23.6 Å². The van der Waals surface area contributed by atoms with Crippen LogP contribution in [-0.4, -0.2) is 64.2 Å². The minimum absolute atomic E-state index is 0.0394. The average Bonchev–Trinajstić information content (AvgIpc) is 3.04. The van der Waals surface area contributed by atoms with Crippen molar-refractivity contribution in [1.29, 1.82) is 0 Å². The molecule has 1 aromatic heterocycles. The zero-order chi connectivity index (χ0) is 22.7. The summed E-state index contributed by atoms with van der Waals surface area (Å²) in [6.07, 6.45) is 3.47. The summed E-state index contributed by atoms with van der Waals surface area (Å²) in [6, 6.07) is 9.88. The van der Waals surface area contributed by atoms with Crippen LogP contribution in [0.4, 0.5) is 0 Å². The molecule has 0 spiro atoms. The second-order valence-electron chi connectivity index (χ2n) is 7.87. The Labute approximate surface area is 185 Å². The van der Waals surface area contributed by atoms with Crippen molar-refractivity contribution in [1.82, 2.24) is 14.8 Å². The fraction of sp³-hybridized carbons (Fsp3) is 0.348. The molecule has 166 valence electrons. The van der Waals surface area contributed by atoms with Crippen molar-refractivity contribution in [2.75, 3.05) is 19.6 Å². The van der Waals surface area contributed by atoms with Gasteiger partial charge in [-0.3, -0.25) is 29.1 Å². The summed E-state index contributed by atoms with van der Waals surface area (Å²) in [5.41, 5.74) is 6.21. The number of ether oxygens (including phenoxy) is 1. The average molecular weight is 436 g/mol. The number of amides is 4. The molecule has 9 heteroatoms. The minimum Gasteiger partial charge on any atom is -0.488 e. The van der Waals surface area contributed by atoms with Gasteiger partial charge in [-0.05, 0) is 37.5 Å². The number of imide groups is 1. The van der Waals surface area contributed by atoms with E-state index in [2.05, 4.69) is 4.98 Å². The van der Waals surface area contributed by atoms with Gasteiger partial charge >= 0.3 is 0 Å². The molecule has 3 heterocycles. The molecule has 4 amide bonds. The van der Waals surface area contributed by atoms with E-state index >= 15 is 0 Å². The molecule has 9 nitrogen and oxygen atoms in total. The van der Waals surface area contributed by atoms with Crippen LogP contribution in [0.25, 0.3) is 0 Å². The Morgan fingerprint density at radius 2 is 1.84 bits per heavy atom. The number of benzene rings is 1. The zero-order valence-corrected chi connectivity index (χ0v) is 17.5. The molecule has 2 aromatic rings.